The van der Waals surface area contributed by atoms with E-state index in [4.69, 9.17) is 37.9 Å². The van der Waals surface area contributed by atoms with Gasteiger partial charge in [-0.2, -0.15) is 0 Å². The summed E-state index contributed by atoms with van der Waals surface area (Å²) >= 11 is 0. The lowest BCUT2D eigenvalue weighted by Gasteiger charge is -2.44. The van der Waals surface area contributed by atoms with E-state index in [-0.39, 0.29) is 13.2 Å². The molecule has 9 heteroatoms. The molecule has 0 saturated carbocycles. The lowest BCUT2D eigenvalue weighted by atomic mass is 9.98. The zero-order valence-electron chi connectivity index (χ0n) is 15.1. The summed E-state index contributed by atoms with van der Waals surface area (Å²) < 4.78 is 43.0. The molecule has 1 aliphatic rings. The van der Waals surface area contributed by atoms with E-state index in [1.807, 2.05) is 0 Å². The molecular weight excluding hydrogens is 324 g/mol. The summed E-state index contributed by atoms with van der Waals surface area (Å²) in [5.74, 6) is -0.568. The first-order chi connectivity index (χ1) is 11.6. The number of esters is 1. The van der Waals surface area contributed by atoms with Crippen molar-refractivity contribution in [3.8, 4) is 0 Å². The topological polar surface area (TPSA) is 90.9 Å². The third kappa shape index (κ3) is 5.09. The monoisotopic (exact) mass is 352 g/mol. The number of rotatable bonds is 10. The third-order valence-electron chi connectivity index (χ3n) is 3.82. The lowest BCUT2D eigenvalue weighted by molar-refractivity contribution is -0.322. The predicted octanol–water partition coefficient (Wildman–Crippen LogP) is -0.393. The summed E-state index contributed by atoms with van der Waals surface area (Å²) in [5, 5.41) is 0. The Balaban J connectivity index is 2.98. The number of carbonyl (C=O) groups excluding carboxylic acids is 1. The number of ether oxygens (including phenoxy) is 8. The minimum atomic E-state index is -0.956. The average molecular weight is 352 g/mol. The van der Waals surface area contributed by atoms with Crippen molar-refractivity contribution in [2.45, 2.75) is 36.8 Å². The van der Waals surface area contributed by atoms with Crippen LogP contribution in [-0.2, 0) is 42.7 Å². The van der Waals surface area contributed by atoms with E-state index >= 15 is 0 Å². The highest BCUT2D eigenvalue weighted by Crippen LogP contribution is 2.28. The first-order valence-electron chi connectivity index (χ1n) is 7.52. The molecule has 0 spiro atoms. The molecule has 142 valence electrons. The van der Waals surface area contributed by atoms with Gasteiger partial charge in [0.05, 0.1) is 20.3 Å². The molecular formula is C15H28O9. The van der Waals surface area contributed by atoms with Gasteiger partial charge in [0.2, 0.25) is 0 Å². The lowest BCUT2D eigenvalue weighted by Crippen LogP contribution is -2.62. The molecule has 24 heavy (non-hydrogen) atoms. The average Bonchev–Trinajstić information content (AvgIpc) is 2.60. The van der Waals surface area contributed by atoms with Crippen LogP contribution in [0.5, 0.6) is 0 Å². The molecule has 6 atom stereocenters. The first-order valence-corrected chi connectivity index (χ1v) is 7.52. The molecule has 0 N–H and O–H groups in total. The second-order valence-electron chi connectivity index (χ2n) is 5.20. The normalized spacial score (nSPS) is 31.7. The van der Waals surface area contributed by atoms with Gasteiger partial charge < -0.3 is 37.9 Å². The van der Waals surface area contributed by atoms with Crippen molar-refractivity contribution in [1.82, 2.24) is 0 Å². The van der Waals surface area contributed by atoms with E-state index in [0.717, 1.165) is 0 Å². The summed E-state index contributed by atoms with van der Waals surface area (Å²) in [4.78, 5) is 11.8. The van der Waals surface area contributed by atoms with Gasteiger partial charge in [0.1, 0.15) is 24.4 Å². The SMILES string of the molecule is COCC(OC1OC(COC)C(OC)C(OC)C1OC)C(=O)OC. The van der Waals surface area contributed by atoms with Crippen molar-refractivity contribution >= 4 is 5.97 Å². The quantitative estimate of drug-likeness (QED) is 0.487. The molecule has 1 heterocycles. The van der Waals surface area contributed by atoms with Gasteiger partial charge in [0.25, 0.3) is 0 Å². The molecule has 1 saturated heterocycles. The Morgan fingerprint density at radius 1 is 0.917 bits per heavy atom. The van der Waals surface area contributed by atoms with Crippen LogP contribution in [0, 0.1) is 0 Å². The number of carbonyl (C=O) groups is 1. The van der Waals surface area contributed by atoms with Crippen LogP contribution in [0.1, 0.15) is 0 Å². The summed E-state index contributed by atoms with van der Waals surface area (Å²) in [6.07, 6.45) is -3.80. The molecule has 1 fully saturated rings. The van der Waals surface area contributed by atoms with Crippen molar-refractivity contribution in [1.29, 1.82) is 0 Å². The highest BCUT2D eigenvalue weighted by molar-refractivity contribution is 5.74. The Hall–Kier alpha value is -0.810. The van der Waals surface area contributed by atoms with Gasteiger partial charge >= 0.3 is 5.97 Å². The van der Waals surface area contributed by atoms with Crippen LogP contribution in [-0.4, -0.2) is 98.7 Å². The predicted molar refractivity (Wildman–Crippen MR) is 81.7 cm³/mol. The number of hydrogen-bond acceptors (Lipinski definition) is 9. The smallest absolute Gasteiger partial charge is 0.337 e. The van der Waals surface area contributed by atoms with Crippen LogP contribution < -0.4 is 0 Å². The molecule has 1 aliphatic heterocycles. The van der Waals surface area contributed by atoms with Gasteiger partial charge in [-0.15, -0.1) is 0 Å². The van der Waals surface area contributed by atoms with Gasteiger partial charge in [0.15, 0.2) is 12.4 Å². The van der Waals surface area contributed by atoms with Crippen molar-refractivity contribution in [3.63, 3.8) is 0 Å². The van der Waals surface area contributed by atoms with Crippen molar-refractivity contribution in [3.05, 3.63) is 0 Å². The van der Waals surface area contributed by atoms with Crippen molar-refractivity contribution in [2.75, 3.05) is 55.9 Å². The maximum Gasteiger partial charge on any atom is 0.337 e. The Bertz CT molecular complexity index is 365. The molecule has 9 nitrogen and oxygen atoms in total. The fourth-order valence-corrected chi connectivity index (χ4v) is 2.70. The zero-order valence-corrected chi connectivity index (χ0v) is 15.1. The minimum Gasteiger partial charge on any atom is -0.467 e. The number of hydrogen-bond donors (Lipinski definition) is 0. The van der Waals surface area contributed by atoms with Gasteiger partial charge in [-0.05, 0) is 0 Å². The molecule has 0 amide bonds. The Labute approximate surface area is 142 Å². The van der Waals surface area contributed by atoms with Crippen LogP contribution in [0.4, 0.5) is 0 Å². The van der Waals surface area contributed by atoms with Crippen molar-refractivity contribution < 1.29 is 42.7 Å². The van der Waals surface area contributed by atoms with E-state index in [0.29, 0.717) is 0 Å². The Morgan fingerprint density at radius 3 is 2.00 bits per heavy atom. The molecule has 1 rings (SSSR count). The van der Waals surface area contributed by atoms with Crippen LogP contribution in [0.15, 0.2) is 0 Å². The maximum atomic E-state index is 11.8. The van der Waals surface area contributed by atoms with E-state index in [2.05, 4.69) is 0 Å². The highest BCUT2D eigenvalue weighted by atomic mass is 16.7. The zero-order chi connectivity index (χ0) is 18.1. The summed E-state index contributed by atoms with van der Waals surface area (Å²) in [5.41, 5.74) is 0. The van der Waals surface area contributed by atoms with E-state index < -0.39 is 42.8 Å². The molecule has 0 bridgehead atoms. The van der Waals surface area contributed by atoms with Crippen LogP contribution in [0.2, 0.25) is 0 Å². The first kappa shape index (κ1) is 21.2. The van der Waals surface area contributed by atoms with Gasteiger partial charge in [-0.3, -0.25) is 0 Å². The molecule has 0 aromatic carbocycles. The van der Waals surface area contributed by atoms with E-state index in [9.17, 15) is 4.79 Å². The highest BCUT2D eigenvalue weighted by Gasteiger charge is 2.48. The largest absolute Gasteiger partial charge is 0.467 e. The summed E-state index contributed by atoms with van der Waals surface area (Å²) in [6, 6.07) is 0. The molecule has 0 aliphatic carbocycles. The molecule has 6 unspecified atom stereocenters. The van der Waals surface area contributed by atoms with E-state index in [1.165, 1.54) is 21.3 Å². The fourth-order valence-electron chi connectivity index (χ4n) is 2.70. The molecule has 0 radical (unpaired) electrons. The van der Waals surface area contributed by atoms with E-state index in [1.54, 1.807) is 21.3 Å². The Kier molecular flexibility index (Phi) is 9.67. The maximum absolute atomic E-state index is 11.8. The number of methoxy groups -OCH3 is 6. The van der Waals surface area contributed by atoms with Crippen LogP contribution in [0.3, 0.4) is 0 Å². The Morgan fingerprint density at radius 2 is 1.54 bits per heavy atom. The van der Waals surface area contributed by atoms with Gasteiger partial charge in [-0.1, -0.05) is 0 Å². The second kappa shape index (κ2) is 10.9. The summed E-state index contributed by atoms with van der Waals surface area (Å²) in [6.45, 7) is 0.283. The third-order valence-corrected chi connectivity index (χ3v) is 3.82. The second-order valence-corrected chi connectivity index (χ2v) is 5.20. The van der Waals surface area contributed by atoms with Crippen LogP contribution in [0.25, 0.3) is 0 Å². The molecule has 0 aromatic heterocycles. The van der Waals surface area contributed by atoms with Gasteiger partial charge in [0, 0.05) is 35.5 Å². The van der Waals surface area contributed by atoms with Crippen LogP contribution >= 0.6 is 0 Å². The van der Waals surface area contributed by atoms with Gasteiger partial charge in [-0.25, -0.2) is 4.79 Å². The molecule has 0 aromatic rings. The standard InChI is InChI=1S/C15H28O9/c1-17-7-9-11(19-3)12(20-4)13(21-5)15(23-9)24-10(8-18-2)14(16)22-6/h9-13,15H,7-8H2,1-6H3. The minimum absolute atomic E-state index is 0.0171. The summed E-state index contributed by atoms with van der Waals surface area (Å²) in [7, 11) is 8.89. The van der Waals surface area contributed by atoms with Crippen molar-refractivity contribution in [2.24, 2.45) is 0 Å². The fraction of sp³-hybridized carbons (Fsp3) is 0.933.